The van der Waals surface area contributed by atoms with Crippen LogP contribution in [-0.2, 0) is 0 Å². The van der Waals surface area contributed by atoms with E-state index in [0.29, 0.717) is 0 Å². The van der Waals surface area contributed by atoms with Crippen LogP contribution in [0.25, 0.3) is 0 Å². The molecule has 0 aromatic heterocycles. The lowest BCUT2D eigenvalue weighted by Crippen LogP contribution is -2.30. The van der Waals surface area contributed by atoms with Gasteiger partial charge in [-0.1, -0.05) is 62.3 Å². The van der Waals surface area contributed by atoms with Crippen LogP contribution >= 0.6 is 8.60 Å². The molecule has 0 spiro atoms. The van der Waals surface area contributed by atoms with Gasteiger partial charge in [-0.3, -0.25) is 0 Å². The van der Waals surface area contributed by atoms with Gasteiger partial charge in [0.05, 0.1) is 0 Å². The molecule has 0 saturated heterocycles. The largest absolute Gasteiger partial charge is 0.432 e. The van der Waals surface area contributed by atoms with Crippen molar-refractivity contribution in [3.8, 4) is 0 Å². The predicted octanol–water partition coefficient (Wildman–Crippen LogP) is 5.14. The third-order valence-corrected chi connectivity index (χ3v) is 17.8. The molecule has 0 atom stereocenters. The summed E-state index contributed by atoms with van der Waals surface area (Å²) >= 11 is 0. The lowest BCUT2D eigenvalue weighted by Gasteiger charge is -2.18. The molecule has 0 bridgehead atoms. The van der Waals surface area contributed by atoms with E-state index in [1.807, 2.05) is 0 Å². The summed E-state index contributed by atoms with van der Waals surface area (Å²) < 4.78 is 0. The standard InChI is InChI=1S/3C6H16OSi.H3O3P/c3*1-4-8(7,5-2)6-3;1-4(2)3/h3*7H,4-6H2,1-3H3;1-3H. The zero-order valence-corrected chi connectivity index (χ0v) is 23.9. The Labute approximate surface area is 179 Å². The van der Waals surface area contributed by atoms with Crippen LogP contribution in [0.2, 0.25) is 54.4 Å². The van der Waals surface area contributed by atoms with Crippen molar-refractivity contribution >= 4 is 33.6 Å². The van der Waals surface area contributed by atoms with Crippen molar-refractivity contribution in [3.05, 3.63) is 0 Å². The second-order valence-corrected chi connectivity index (χ2v) is 21.4. The fourth-order valence-corrected chi connectivity index (χ4v) is 6.75. The Balaban J connectivity index is -0.000000141. The molecule has 0 unspecified atom stereocenters. The summed E-state index contributed by atoms with van der Waals surface area (Å²) in [5, 5.41) is 0. The van der Waals surface area contributed by atoms with Gasteiger partial charge in [0.2, 0.25) is 0 Å². The highest BCUT2D eigenvalue weighted by molar-refractivity contribution is 7.38. The Hall–Kier alpha value is 0.841. The number of hydrogen-bond donors (Lipinski definition) is 6. The van der Waals surface area contributed by atoms with Gasteiger partial charge < -0.3 is 29.1 Å². The molecule has 176 valence electrons. The average molecular weight is 479 g/mol. The van der Waals surface area contributed by atoms with Crippen molar-refractivity contribution in [2.75, 3.05) is 0 Å². The van der Waals surface area contributed by atoms with Crippen LogP contribution in [0.1, 0.15) is 62.3 Å². The van der Waals surface area contributed by atoms with Crippen molar-refractivity contribution in [2.45, 2.75) is 117 Å². The van der Waals surface area contributed by atoms with Crippen LogP contribution in [0.4, 0.5) is 0 Å². The maximum atomic E-state index is 9.58. The molecule has 0 amide bonds. The zero-order chi connectivity index (χ0) is 23.4. The molecule has 0 radical (unpaired) electrons. The van der Waals surface area contributed by atoms with Crippen molar-refractivity contribution < 1.29 is 29.1 Å². The van der Waals surface area contributed by atoms with Crippen LogP contribution < -0.4 is 0 Å². The monoisotopic (exact) mass is 478 g/mol. The molecule has 0 aliphatic rings. The molecule has 0 rings (SSSR count). The third kappa shape index (κ3) is 23.1. The van der Waals surface area contributed by atoms with E-state index in [-0.39, 0.29) is 0 Å². The van der Waals surface area contributed by atoms with Crippen molar-refractivity contribution in [2.24, 2.45) is 0 Å². The molecule has 0 saturated carbocycles. The molecule has 0 aliphatic carbocycles. The summed E-state index contributed by atoms with van der Waals surface area (Å²) in [5.74, 6) is 0. The van der Waals surface area contributed by atoms with Crippen molar-refractivity contribution in [1.29, 1.82) is 0 Å². The van der Waals surface area contributed by atoms with Crippen molar-refractivity contribution in [3.63, 3.8) is 0 Å². The first-order valence-corrected chi connectivity index (χ1v) is 19.7. The Kier molecular flexibility index (Phi) is 27.3. The minimum absolute atomic E-state index is 1.01. The highest BCUT2D eigenvalue weighted by atomic mass is 31.2. The highest BCUT2D eigenvalue weighted by Gasteiger charge is 2.23. The van der Waals surface area contributed by atoms with E-state index in [2.05, 4.69) is 62.3 Å². The molecule has 10 heteroatoms. The SMILES string of the molecule is CC[Si](O)(CC)CC.CC[Si](O)(CC)CC.CC[Si](O)(CC)CC.OP(O)O. The summed E-state index contributed by atoms with van der Waals surface area (Å²) in [4.78, 5) is 50.4. The number of rotatable bonds is 9. The Bertz CT molecular complexity index is 243. The maximum Gasteiger partial charge on any atom is 0.324 e. The van der Waals surface area contributed by atoms with Gasteiger partial charge in [0.15, 0.2) is 25.0 Å². The van der Waals surface area contributed by atoms with Gasteiger partial charge in [-0.2, -0.15) is 0 Å². The molecular formula is C18H51O6PSi3. The van der Waals surface area contributed by atoms with Gasteiger partial charge in [-0.15, -0.1) is 0 Å². The van der Waals surface area contributed by atoms with Gasteiger partial charge >= 0.3 is 8.60 Å². The number of hydrogen-bond acceptors (Lipinski definition) is 6. The second kappa shape index (κ2) is 21.1. The fraction of sp³-hybridized carbons (Fsp3) is 1.00. The minimum atomic E-state index is -2.62. The zero-order valence-electron chi connectivity index (χ0n) is 20.0. The third-order valence-electron chi connectivity index (χ3n) is 5.92. The summed E-state index contributed by atoms with van der Waals surface area (Å²) in [6.07, 6.45) is 0. The minimum Gasteiger partial charge on any atom is -0.432 e. The first kappa shape index (κ1) is 36.2. The molecule has 0 fully saturated rings. The van der Waals surface area contributed by atoms with Crippen LogP contribution in [0, 0.1) is 0 Å². The van der Waals surface area contributed by atoms with E-state index < -0.39 is 33.6 Å². The first-order chi connectivity index (χ1) is 12.8. The fourth-order valence-electron chi connectivity index (χ4n) is 2.25. The molecule has 0 aromatic carbocycles. The van der Waals surface area contributed by atoms with Gasteiger partial charge in [0.1, 0.15) is 0 Å². The van der Waals surface area contributed by atoms with E-state index in [9.17, 15) is 14.4 Å². The molecule has 6 nitrogen and oxygen atoms in total. The Morgan fingerprint density at radius 3 is 0.464 bits per heavy atom. The summed E-state index contributed by atoms with van der Waals surface area (Å²) in [5.41, 5.74) is 0. The normalized spacial score (nSPS) is 11.6. The molecule has 0 aliphatic heterocycles. The molecule has 0 heterocycles. The summed E-state index contributed by atoms with van der Waals surface area (Å²) in [6, 6.07) is 9.13. The van der Waals surface area contributed by atoms with Crippen LogP contribution in [-0.4, -0.2) is 54.0 Å². The van der Waals surface area contributed by atoms with Gasteiger partial charge in [-0.05, 0) is 54.4 Å². The van der Waals surface area contributed by atoms with E-state index >= 15 is 0 Å². The van der Waals surface area contributed by atoms with Crippen LogP contribution in [0.3, 0.4) is 0 Å². The van der Waals surface area contributed by atoms with E-state index in [1.165, 1.54) is 0 Å². The predicted molar refractivity (Wildman–Crippen MR) is 132 cm³/mol. The van der Waals surface area contributed by atoms with Gasteiger partial charge in [0, 0.05) is 0 Å². The average Bonchev–Trinajstić information content (AvgIpc) is 2.72. The molecular weight excluding hydrogens is 427 g/mol. The molecule has 28 heavy (non-hydrogen) atoms. The highest BCUT2D eigenvalue weighted by Crippen LogP contribution is 2.16. The quantitative estimate of drug-likeness (QED) is 0.201. The lowest BCUT2D eigenvalue weighted by molar-refractivity contribution is 0.368. The lowest BCUT2D eigenvalue weighted by atomic mass is 10.9. The first-order valence-electron chi connectivity index (χ1n) is 10.8. The molecule has 6 N–H and O–H groups in total. The van der Waals surface area contributed by atoms with Gasteiger partial charge in [0.25, 0.3) is 0 Å². The summed E-state index contributed by atoms with van der Waals surface area (Å²) in [6.45, 7) is 18.7. The topological polar surface area (TPSA) is 121 Å². The molecule has 0 aromatic rings. The summed E-state index contributed by atoms with van der Waals surface area (Å²) in [7, 11) is -7.63. The van der Waals surface area contributed by atoms with Crippen LogP contribution in [0.5, 0.6) is 0 Å². The Morgan fingerprint density at radius 2 is 0.464 bits per heavy atom. The van der Waals surface area contributed by atoms with E-state index in [1.54, 1.807) is 0 Å². The smallest absolute Gasteiger partial charge is 0.324 e. The second-order valence-electron chi connectivity index (χ2n) is 7.12. The van der Waals surface area contributed by atoms with E-state index in [4.69, 9.17) is 14.7 Å². The Morgan fingerprint density at radius 1 is 0.393 bits per heavy atom. The van der Waals surface area contributed by atoms with Crippen molar-refractivity contribution in [1.82, 2.24) is 0 Å². The maximum absolute atomic E-state index is 9.58. The van der Waals surface area contributed by atoms with E-state index in [0.717, 1.165) is 54.4 Å². The van der Waals surface area contributed by atoms with Gasteiger partial charge in [-0.25, -0.2) is 0 Å². The van der Waals surface area contributed by atoms with Crippen LogP contribution in [0.15, 0.2) is 0 Å².